The van der Waals surface area contributed by atoms with Gasteiger partial charge in [0, 0.05) is 5.56 Å². The number of hydrogen-bond donors (Lipinski definition) is 0. The number of rotatable bonds is 5. The molecule has 0 aromatic heterocycles. The first-order chi connectivity index (χ1) is 9.61. The van der Waals surface area contributed by atoms with Crippen molar-refractivity contribution < 1.29 is 9.13 Å². The first-order valence-electron chi connectivity index (χ1n) is 6.81. The molecule has 0 aliphatic heterocycles. The molecule has 0 amide bonds. The van der Waals surface area contributed by atoms with E-state index in [9.17, 15) is 4.39 Å². The van der Waals surface area contributed by atoms with Gasteiger partial charge in [0.25, 0.3) is 0 Å². The lowest BCUT2D eigenvalue weighted by Gasteiger charge is -2.17. The molecule has 3 heteroatoms. The van der Waals surface area contributed by atoms with Crippen molar-refractivity contribution in [3.8, 4) is 5.75 Å². The van der Waals surface area contributed by atoms with Crippen molar-refractivity contribution in [1.82, 2.24) is 0 Å². The molecule has 0 aliphatic rings. The Hall–Kier alpha value is -1.54. The predicted molar refractivity (Wildman–Crippen MR) is 80.9 cm³/mol. The van der Waals surface area contributed by atoms with Crippen LogP contribution in [0.2, 0.25) is 5.02 Å². The second-order valence-corrected chi connectivity index (χ2v) is 5.20. The van der Waals surface area contributed by atoms with Gasteiger partial charge in [-0.2, -0.15) is 0 Å². The Morgan fingerprint density at radius 1 is 1.15 bits per heavy atom. The van der Waals surface area contributed by atoms with Gasteiger partial charge in [-0.25, -0.2) is 4.39 Å². The minimum Gasteiger partial charge on any atom is -0.486 e. The van der Waals surface area contributed by atoms with Crippen LogP contribution in [0.5, 0.6) is 5.75 Å². The topological polar surface area (TPSA) is 9.23 Å². The summed E-state index contributed by atoms with van der Waals surface area (Å²) >= 11 is 6.04. The average molecular weight is 293 g/mol. The van der Waals surface area contributed by atoms with E-state index in [1.54, 1.807) is 19.1 Å². The third-order valence-corrected chi connectivity index (χ3v) is 3.51. The Morgan fingerprint density at radius 3 is 2.45 bits per heavy atom. The summed E-state index contributed by atoms with van der Waals surface area (Å²) in [6, 6.07) is 12.6. The van der Waals surface area contributed by atoms with Crippen LogP contribution in [0, 0.1) is 5.82 Å². The fraction of sp³-hybridized carbons (Fsp3) is 0.294. The maximum absolute atomic E-state index is 13.8. The third-order valence-electron chi connectivity index (χ3n) is 3.18. The highest BCUT2D eigenvalue weighted by Crippen LogP contribution is 2.29. The molecule has 1 nitrogen and oxygen atoms in total. The van der Waals surface area contributed by atoms with Crippen molar-refractivity contribution in [3.63, 3.8) is 0 Å². The Labute approximate surface area is 124 Å². The molecule has 0 saturated carbocycles. The number of halogens is 2. The Kier molecular flexibility index (Phi) is 5.02. The van der Waals surface area contributed by atoms with Gasteiger partial charge in [-0.3, -0.25) is 0 Å². The van der Waals surface area contributed by atoms with E-state index in [0.717, 1.165) is 18.6 Å². The highest BCUT2D eigenvalue weighted by atomic mass is 35.5. The van der Waals surface area contributed by atoms with E-state index < -0.39 is 6.10 Å². The first kappa shape index (κ1) is 14.9. The lowest BCUT2D eigenvalue weighted by molar-refractivity contribution is 0.221. The van der Waals surface area contributed by atoms with E-state index in [-0.39, 0.29) is 5.82 Å². The van der Waals surface area contributed by atoms with Gasteiger partial charge >= 0.3 is 0 Å². The standard InChI is InChI=1S/C17H18ClFO/c1-3-5-13-8-10-14(11-9-13)20-12(2)17-15(18)6-4-7-16(17)19/h4,6-12H,3,5H2,1-2H3/t12-/m1/s1. The van der Waals surface area contributed by atoms with Crippen LogP contribution in [-0.4, -0.2) is 0 Å². The Balaban J connectivity index is 2.13. The molecule has 1 atom stereocenters. The van der Waals surface area contributed by atoms with Crippen LogP contribution in [0.15, 0.2) is 42.5 Å². The summed E-state index contributed by atoms with van der Waals surface area (Å²) < 4.78 is 19.6. The summed E-state index contributed by atoms with van der Waals surface area (Å²) in [5.74, 6) is 0.379. The summed E-state index contributed by atoms with van der Waals surface area (Å²) in [5.41, 5.74) is 1.67. The number of ether oxygens (including phenoxy) is 1. The maximum atomic E-state index is 13.8. The van der Waals surface area contributed by atoms with E-state index in [2.05, 4.69) is 6.92 Å². The van der Waals surface area contributed by atoms with E-state index >= 15 is 0 Å². The normalized spacial score (nSPS) is 12.2. The molecule has 0 radical (unpaired) electrons. The number of aryl methyl sites for hydroxylation is 1. The molecule has 0 spiro atoms. The van der Waals surface area contributed by atoms with Crippen LogP contribution in [0.4, 0.5) is 4.39 Å². The molecule has 0 unspecified atom stereocenters. The highest BCUT2D eigenvalue weighted by Gasteiger charge is 2.16. The molecule has 106 valence electrons. The maximum Gasteiger partial charge on any atom is 0.131 e. The molecular formula is C17H18ClFO. The van der Waals surface area contributed by atoms with Crippen LogP contribution in [-0.2, 0) is 6.42 Å². The minimum atomic E-state index is -0.430. The highest BCUT2D eigenvalue weighted by molar-refractivity contribution is 6.31. The summed E-state index contributed by atoms with van der Waals surface area (Å²) in [4.78, 5) is 0. The molecule has 20 heavy (non-hydrogen) atoms. The Morgan fingerprint density at radius 2 is 1.85 bits per heavy atom. The molecule has 0 saturated heterocycles. The van der Waals surface area contributed by atoms with E-state index in [0.29, 0.717) is 10.6 Å². The summed E-state index contributed by atoms with van der Waals surface area (Å²) in [7, 11) is 0. The van der Waals surface area contributed by atoms with Gasteiger partial charge in [-0.05, 0) is 43.2 Å². The molecule has 0 heterocycles. The molecule has 0 N–H and O–H groups in total. The summed E-state index contributed by atoms with van der Waals surface area (Å²) in [6.07, 6.45) is 1.73. The van der Waals surface area contributed by atoms with Gasteiger partial charge in [0.1, 0.15) is 17.7 Å². The van der Waals surface area contributed by atoms with Gasteiger partial charge in [0.05, 0.1) is 5.02 Å². The van der Waals surface area contributed by atoms with Gasteiger partial charge in [-0.1, -0.05) is 43.1 Å². The van der Waals surface area contributed by atoms with Crippen LogP contribution in [0.1, 0.15) is 37.5 Å². The van der Waals surface area contributed by atoms with Crippen molar-refractivity contribution in [3.05, 3.63) is 64.4 Å². The van der Waals surface area contributed by atoms with Gasteiger partial charge in [-0.15, -0.1) is 0 Å². The van der Waals surface area contributed by atoms with E-state index in [4.69, 9.17) is 16.3 Å². The second-order valence-electron chi connectivity index (χ2n) is 4.79. The average Bonchev–Trinajstić information content (AvgIpc) is 2.41. The zero-order valence-electron chi connectivity index (χ0n) is 11.7. The third kappa shape index (κ3) is 3.51. The summed E-state index contributed by atoms with van der Waals surface area (Å²) in [6.45, 7) is 3.94. The molecule has 0 bridgehead atoms. The fourth-order valence-electron chi connectivity index (χ4n) is 2.19. The van der Waals surface area contributed by atoms with Crippen LogP contribution < -0.4 is 4.74 Å². The number of hydrogen-bond acceptors (Lipinski definition) is 1. The van der Waals surface area contributed by atoms with Gasteiger partial charge in [0.2, 0.25) is 0 Å². The lowest BCUT2D eigenvalue weighted by Crippen LogP contribution is -2.06. The Bertz CT molecular complexity index is 545. The molecule has 2 aromatic carbocycles. The lowest BCUT2D eigenvalue weighted by atomic mass is 10.1. The molecule has 0 aliphatic carbocycles. The predicted octanol–water partition coefficient (Wildman–Crippen LogP) is 5.57. The monoisotopic (exact) mass is 292 g/mol. The summed E-state index contributed by atoms with van der Waals surface area (Å²) in [5, 5.41) is 0.389. The van der Waals surface area contributed by atoms with Crippen LogP contribution >= 0.6 is 11.6 Å². The van der Waals surface area contributed by atoms with Gasteiger partial charge in [0.15, 0.2) is 0 Å². The molecule has 2 aromatic rings. The number of benzene rings is 2. The van der Waals surface area contributed by atoms with Crippen molar-refractivity contribution >= 4 is 11.6 Å². The zero-order chi connectivity index (χ0) is 14.5. The molecular weight excluding hydrogens is 275 g/mol. The first-order valence-corrected chi connectivity index (χ1v) is 7.19. The largest absolute Gasteiger partial charge is 0.486 e. The van der Waals surface area contributed by atoms with Crippen LogP contribution in [0.3, 0.4) is 0 Å². The SMILES string of the molecule is CCCc1ccc(O[C@H](C)c2c(F)cccc2Cl)cc1. The van der Waals surface area contributed by atoms with E-state index in [1.165, 1.54) is 11.6 Å². The second kappa shape index (κ2) is 6.76. The fourth-order valence-corrected chi connectivity index (χ4v) is 2.50. The quantitative estimate of drug-likeness (QED) is 0.700. The smallest absolute Gasteiger partial charge is 0.131 e. The minimum absolute atomic E-state index is 0.340. The van der Waals surface area contributed by atoms with Gasteiger partial charge < -0.3 is 4.74 Å². The van der Waals surface area contributed by atoms with E-state index in [1.807, 2.05) is 24.3 Å². The van der Waals surface area contributed by atoms with Crippen molar-refractivity contribution in [2.45, 2.75) is 32.8 Å². The molecule has 2 rings (SSSR count). The van der Waals surface area contributed by atoms with Crippen molar-refractivity contribution in [1.29, 1.82) is 0 Å². The van der Waals surface area contributed by atoms with Crippen molar-refractivity contribution in [2.24, 2.45) is 0 Å². The van der Waals surface area contributed by atoms with Crippen molar-refractivity contribution in [2.75, 3.05) is 0 Å². The molecule has 0 fully saturated rings. The zero-order valence-corrected chi connectivity index (χ0v) is 12.5. The van der Waals surface area contributed by atoms with Crippen LogP contribution in [0.25, 0.3) is 0 Å².